The summed E-state index contributed by atoms with van der Waals surface area (Å²) in [7, 11) is 4.72. The van der Waals surface area contributed by atoms with Gasteiger partial charge in [0.15, 0.2) is 6.29 Å². The normalized spacial score (nSPS) is 10.7. The Kier molecular flexibility index (Phi) is 8.04. The summed E-state index contributed by atoms with van der Waals surface area (Å²) in [5.41, 5.74) is 3.34. The van der Waals surface area contributed by atoms with Crippen molar-refractivity contribution in [2.75, 3.05) is 26.6 Å². The third kappa shape index (κ3) is 6.31. The van der Waals surface area contributed by atoms with Crippen molar-refractivity contribution in [3.63, 3.8) is 0 Å². The number of methoxy groups -OCH3 is 3. The van der Waals surface area contributed by atoms with Gasteiger partial charge in [-0.15, -0.1) is 0 Å². The van der Waals surface area contributed by atoms with E-state index in [9.17, 15) is 4.79 Å². The first-order valence-corrected chi connectivity index (χ1v) is 9.92. The molecule has 31 heavy (non-hydrogen) atoms. The van der Waals surface area contributed by atoms with Gasteiger partial charge in [-0.1, -0.05) is 48.5 Å². The fourth-order valence-electron chi connectivity index (χ4n) is 3.21. The van der Waals surface area contributed by atoms with Crippen LogP contribution >= 0.6 is 0 Å². The number of anilines is 1. The molecule has 6 heteroatoms. The number of carbonyl (C=O) groups excluding carboxylic acids is 1. The largest absolute Gasteiger partial charge is 0.496 e. The summed E-state index contributed by atoms with van der Waals surface area (Å²) < 4.78 is 21.9. The number of nitrogens with one attached hydrogen (secondary N) is 1. The second kappa shape index (κ2) is 11.2. The lowest BCUT2D eigenvalue weighted by molar-refractivity contribution is -0.115. The van der Waals surface area contributed by atoms with Crippen molar-refractivity contribution >= 4 is 11.6 Å². The van der Waals surface area contributed by atoms with Crippen LogP contribution in [-0.2, 0) is 27.3 Å². The van der Waals surface area contributed by atoms with Crippen molar-refractivity contribution in [3.05, 3.63) is 89.5 Å². The summed E-state index contributed by atoms with van der Waals surface area (Å²) >= 11 is 0. The summed E-state index contributed by atoms with van der Waals surface area (Å²) in [6, 6.07) is 22.8. The first-order valence-electron chi connectivity index (χ1n) is 9.92. The molecule has 0 bridgehead atoms. The van der Waals surface area contributed by atoms with E-state index in [1.54, 1.807) is 27.4 Å². The Labute approximate surface area is 182 Å². The third-order valence-corrected chi connectivity index (χ3v) is 4.73. The van der Waals surface area contributed by atoms with Gasteiger partial charge in [0.2, 0.25) is 5.91 Å². The molecule has 0 aliphatic carbocycles. The predicted octanol–water partition coefficient (Wildman–Crippen LogP) is 4.75. The quantitative estimate of drug-likeness (QED) is 0.479. The molecule has 3 rings (SSSR count). The SMILES string of the molecule is COc1cc(OCc2ccccc2)ccc1CC(=O)Nc1cccc(C(OC)OC)c1. The highest BCUT2D eigenvalue weighted by Gasteiger charge is 2.13. The van der Waals surface area contributed by atoms with Crippen molar-refractivity contribution in [1.29, 1.82) is 0 Å². The zero-order valence-electron chi connectivity index (χ0n) is 18.0. The van der Waals surface area contributed by atoms with Crippen LogP contribution in [0.25, 0.3) is 0 Å². The van der Waals surface area contributed by atoms with E-state index in [1.807, 2.05) is 66.7 Å². The summed E-state index contributed by atoms with van der Waals surface area (Å²) in [5, 5.41) is 2.91. The molecule has 3 aromatic rings. The monoisotopic (exact) mass is 421 g/mol. The number of ether oxygens (including phenoxy) is 4. The number of carbonyl (C=O) groups is 1. The molecule has 1 amide bonds. The maximum atomic E-state index is 12.6. The smallest absolute Gasteiger partial charge is 0.228 e. The highest BCUT2D eigenvalue weighted by molar-refractivity contribution is 5.92. The molecule has 0 saturated carbocycles. The predicted molar refractivity (Wildman–Crippen MR) is 119 cm³/mol. The van der Waals surface area contributed by atoms with Gasteiger partial charge in [-0.05, 0) is 23.8 Å². The zero-order chi connectivity index (χ0) is 22.1. The van der Waals surface area contributed by atoms with Crippen molar-refractivity contribution in [2.24, 2.45) is 0 Å². The first-order chi connectivity index (χ1) is 15.1. The Morgan fingerprint density at radius 1 is 0.903 bits per heavy atom. The van der Waals surface area contributed by atoms with Gasteiger partial charge in [0.1, 0.15) is 18.1 Å². The lowest BCUT2D eigenvalue weighted by Crippen LogP contribution is -2.15. The van der Waals surface area contributed by atoms with Crippen LogP contribution in [0.5, 0.6) is 11.5 Å². The molecule has 0 spiro atoms. The van der Waals surface area contributed by atoms with Crippen LogP contribution in [0.15, 0.2) is 72.8 Å². The summed E-state index contributed by atoms with van der Waals surface area (Å²) in [6.07, 6.45) is -0.315. The van der Waals surface area contributed by atoms with E-state index in [0.717, 1.165) is 16.7 Å². The van der Waals surface area contributed by atoms with Gasteiger partial charge in [-0.3, -0.25) is 4.79 Å². The van der Waals surface area contributed by atoms with Crippen LogP contribution in [0.2, 0.25) is 0 Å². The van der Waals surface area contributed by atoms with Crippen LogP contribution in [0.4, 0.5) is 5.69 Å². The van der Waals surface area contributed by atoms with Gasteiger partial charge < -0.3 is 24.3 Å². The standard InChI is InChI=1S/C25H27NO5/c1-28-23-16-22(31-17-18-8-5-4-6-9-18)13-12-19(23)15-24(27)26-21-11-7-10-20(14-21)25(29-2)30-3/h4-14,16,25H,15,17H2,1-3H3,(H,26,27). The molecule has 0 saturated heterocycles. The Balaban J connectivity index is 1.63. The van der Waals surface area contributed by atoms with E-state index in [2.05, 4.69) is 5.32 Å². The molecule has 0 unspecified atom stereocenters. The Morgan fingerprint density at radius 2 is 1.68 bits per heavy atom. The molecule has 0 atom stereocenters. The van der Waals surface area contributed by atoms with Gasteiger partial charge in [-0.25, -0.2) is 0 Å². The summed E-state index contributed by atoms with van der Waals surface area (Å²) in [6.45, 7) is 0.462. The Hall–Kier alpha value is -3.35. The number of rotatable bonds is 10. The molecular weight excluding hydrogens is 394 g/mol. The number of amides is 1. The molecule has 162 valence electrons. The average Bonchev–Trinajstić information content (AvgIpc) is 2.80. The van der Waals surface area contributed by atoms with E-state index in [0.29, 0.717) is 23.8 Å². The lowest BCUT2D eigenvalue weighted by atomic mass is 10.1. The van der Waals surface area contributed by atoms with Crippen LogP contribution < -0.4 is 14.8 Å². The molecule has 6 nitrogen and oxygen atoms in total. The Morgan fingerprint density at radius 3 is 2.39 bits per heavy atom. The average molecular weight is 421 g/mol. The van der Waals surface area contributed by atoms with E-state index in [4.69, 9.17) is 18.9 Å². The second-order valence-corrected chi connectivity index (χ2v) is 6.90. The fourth-order valence-corrected chi connectivity index (χ4v) is 3.21. The van der Waals surface area contributed by atoms with Gasteiger partial charge >= 0.3 is 0 Å². The maximum absolute atomic E-state index is 12.6. The van der Waals surface area contributed by atoms with E-state index in [1.165, 1.54) is 0 Å². The van der Waals surface area contributed by atoms with Crippen LogP contribution in [0.1, 0.15) is 23.0 Å². The van der Waals surface area contributed by atoms with Crippen molar-refractivity contribution in [1.82, 2.24) is 0 Å². The van der Waals surface area contributed by atoms with Gasteiger partial charge in [0, 0.05) is 37.1 Å². The molecule has 0 radical (unpaired) electrons. The molecule has 0 aliphatic heterocycles. The van der Waals surface area contributed by atoms with Crippen molar-refractivity contribution in [3.8, 4) is 11.5 Å². The Bertz CT molecular complexity index is 986. The van der Waals surface area contributed by atoms with Gasteiger partial charge in [0.05, 0.1) is 13.5 Å². The van der Waals surface area contributed by atoms with Crippen LogP contribution in [0, 0.1) is 0 Å². The fraction of sp³-hybridized carbons (Fsp3) is 0.240. The highest BCUT2D eigenvalue weighted by Crippen LogP contribution is 2.26. The van der Waals surface area contributed by atoms with Crippen LogP contribution in [-0.4, -0.2) is 27.2 Å². The van der Waals surface area contributed by atoms with Crippen molar-refractivity contribution < 1.29 is 23.7 Å². The van der Waals surface area contributed by atoms with Crippen LogP contribution in [0.3, 0.4) is 0 Å². The molecule has 1 N–H and O–H groups in total. The second-order valence-electron chi connectivity index (χ2n) is 6.90. The third-order valence-electron chi connectivity index (χ3n) is 4.73. The van der Waals surface area contributed by atoms with E-state index in [-0.39, 0.29) is 12.3 Å². The molecule has 0 fully saturated rings. The minimum Gasteiger partial charge on any atom is -0.496 e. The van der Waals surface area contributed by atoms with E-state index < -0.39 is 6.29 Å². The number of benzene rings is 3. The first kappa shape index (κ1) is 22.3. The topological polar surface area (TPSA) is 66.0 Å². The highest BCUT2D eigenvalue weighted by atomic mass is 16.7. The zero-order valence-corrected chi connectivity index (χ0v) is 18.0. The molecule has 0 aromatic heterocycles. The van der Waals surface area contributed by atoms with Gasteiger partial charge in [0.25, 0.3) is 0 Å². The summed E-state index contributed by atoms with van der Waals surface area (Å²) in [5.74, 6) is 1.14. The molecular formula is C25H27NO5. The minimum atomic E-state index is -0.486. The molecule has 3 aromatic carbocycles. The number of hydrogen-bond donors (Lipinski definition) is 1. The number of hydrogen-bond acceptors (Lipinski definition) is 5. The van der Waals surface area contributed by atoms with Gasteiger partial charge in [-0.2, -0.15) is 0 Å². The maximum Gasteiger partial charge on any atom is 0.228 e. The minimum absolute atomic E-state index is 0.153. The lowest BCUT2D eigenvalue weighted by Gasteiger charge is -2.15. The molecule has 0 heterocycles. The molecule has 0 aliphatic rings. The van der Waals surface area contributed by atoms with Crippen molar-refractivity contribution in [2.45, 2.75) is 19.3 Å². The van der Waals surface area contributed by atoms with E-state index >= 15 is 0 Å². The summed E-state index contributed by atoms with van der Waals surface area (Å²) in [4.78, 5) is 12.6.